The van der Waals surface area contributed by atoms with Crippen molar-refractivity contribution in [3.05, 3.63) is 40.9 Å². The fourth-order valence-corrected chi connectivity index (χ4v) is 5.16. The number of halogens is 1. The molecule has 1 fully saturated rings. The van der Waals surface area contributed by atoms with Crippen LogP contribution in [0.4, 0.5) is 11.6 Å². The molecule has 40 heavy (non-hydrogen) atoms. The first-order valence-corrected chi connectivity index (χ1v) is 15.1. The van der Waals surface area contributed by atoms with E-state index in [1.165, 1.54) is 7.05 Å². The molecule has 0 saturated heterocycles. The second-order valence-electron chi connectivity index (χ2n) is 10.5. The maximum absolute atomic E-state index is 12.5. The summed E-state index contributed by atoms with van der Waals surface area (Å²) in [6.45, 7) is 5.75. The first-order valence-electron chi connectivity index (χ1n) is 12.8. The third-order valence-corrected chi connectivity index (χ3v) is 8.61. The third kappa shape index (κ3) is 6.82. The van der Waals surface area contributed by atoms with E-state index < -0.39 is 15.6 Å². The van der Waals surface area contributed by atoms with Crippen LogP contribution in [-0.4, -0.2) is 75.8 Å². The van der Waals surface area contributed by atoms with Crippen molar-refractivity contribution in [1.29, 1.82) is 0 Å². The summed E-state index contributed by atoms with van der Waals surface area (Å²) >= 11 is 6.76. The highest BCUT2D eigenvalue weighted by molar-refractivity contribution is 7.92. The molecule has 12 nitrogen and oxygen atoms in total. The number of methoxy groups -OCH3 is 2. The molecule has 2 N–H and O–H groups in total. The molecule has 3 aromatic heterocycles. The van der Waals surface area contributed by atoms with Crippen LogP contribution in [-0.2, 0) is 26.7 Å². The molecule has 0 bridgehead atoms. The summed E-state index contributed by atoms with van der Waals surface area (Å²) < 4.78 is 42.6. The minimum absolute atomic E-state index is 0.0575. The van der Waals surface area contributed by atoms with Crippen LogP contribution in [0.1, 0.15) is 31.7 Å². The van der Waals surface area contributed by atoms with Crippen LogP contribution in [0.25, 0.3) is 11.5 Å². The van der Waals surface area contributed by atoms with Gasteiger partial charge in [0.1, 0.15) is 5.82 Å². The fraction of sp³-hybridized carbons (Fsp3) is 0.538. The van der Waals surface area contributed by atoms with Crippen molar-refractivity contribution in [3.8, 4) is 17.3 Å². The van der Waals surface area contributed by atoms with Crippen molar-refractivity contribution in [2.24, 2.45) is 17.6 Å². The Kier molecular flexibility index (Phi) is 8.88. The first kappa shape index (κ1) is 30.0. The quantitative estimate of drug-likeness (QED) is 0.311. The van der Waals surface area contributed by atoms with Crippen molar-refractivity contribution in [2.45, 2.75) is 32.2 Å². The van der Waals surface area contributed by atoms with Gasteiger partial charge in [-0.3, -0.25) is 4.31 Å². The van der Waals surface area contributed by atoms with Crippen LogP contribution < -0.4 is 19.7 Å². The van der Waals surface area contributed by atoms with Gasteiger partial charge in [0.2, 0.25) is 27.7 Å². The number of hydrogen-bond donors (Lipinski definition) is 1. The van der Waals surface area contributed by atoms with Crippen LogP contribution in [0.15, 0.2) is 28.8 Å². The highest BCUT2D eigenvalue weighted by Crippen LogP contribution is 2.41. The Labute approximate surface area is 239 Å². The Morgan fingerprint density at radius 1 is 1.27 bits per heavy atom. The Hall–Kier alpha value is -3.00. The van der Waals surface area contributed by atoms with E-state index in [1.807, 2.05) is 6.07 Å². The number of ether oxygens (including phenoxy) is 2. The zero-order valence-electron chi connectivity index (χ0n) is 23.6. The van der Waals surface area contributed by atoms with Crippen molar-refractivity contribution < 1.29 is 22.3 Å². The molecule has 0 radical (unpaired) electrons. The Bertz CT molecular complexity index is 1450. The molecule has 3 unspecified atom stereocenters. The molecule has 1 saturated carbocycles. The number of nitrogens with two attached hydrogens (primary N) is 1. The van der Waals surface area contributed by atoms with Gasteiger partial charge in [-0.15, -0.1) is 10.2 Å². The zero-order valence-corrected chi connectivity index (χ0v) is 25.2. The Morgan fingerprint density at radius 2 is 2.00 bits per heavy atom. The standard InChI is InChI=1S/C26H36ClN7O5S/c1-16-11-18(16)15-34(9-10-37-4)20-13-19(22(27)23(30-20)33(3)40(6,35)36)24-31-32-25(39-24)26(2,28)14-17-7-8-29-21(12-17)38-5/h7-8,12-13,16,18H,9-11,14-15,28H2,1-6H3. The monoisotopic (exact) mass is 593 g/mol. The maximum atomic E-state index is 12.5. The fourth-order valence-electron chi connectivity index (χ4n) is 4.36. The average Bonchev–Trinajstić information content (AvgIpc) is 3.36. The lowest BCUT2D eigenvalue weighted by Crippen LogP contribution is -2.36. The molecular formula is C26H36ClN7O5S. The molecular weight excluding hydrogens is 558 g/mol. The van der Waals surface area contributed by atoms with Crippen LogP contribution in [0.5, 0.6) is 5.88 Å². The topological polar surface area (TPSA) is 150 Å². The van der Waals surface area contributed by atoms with Crippen LogP contribution in [0.3, 0.4) is 0 Å². The molecule has 0 aromatic carbocycles. The van der Waals surface area contributed by atoms with E-state index in [4.69, 9.17) is 31.2 Å². The largest absolute Gasteiger partial charge is 0.481 e. The van der Waals surface area contributed by atoms with Gasteiger partial charge in [0.25, 0.3) is 0 Å². The lowest BCUT2D eigenvalue weighted by atomic mass is 9.94. The van der Waals surface area contributed by atoms with Crippen molar-refractivity contribution in [2.75, 3.05) is 56.4 Å². The molecule has 3 atom stereocenters. The molecule has 4 rings (SSSR count). The molecule has 0 spiro atoms. The number of sulfonamides is 1. The maximum Gasteiger partial charge on any atom is 0.249 e. The van der Waals surface area contributed by atoms with E-state index in [0.717, 1.165) is 29.1 Å². The minimum Gasteiger partial charge on any atom is -0.481 e. The van der Waals surface area contributed by atoms with E-state index in [0.29, 0.717) is 48.7 Å². The summed E-state index contributed by atoms with van der Waals surface area (Å²) in [5.41, 5.74) is 6.82. The number of nitrogens with zero attached hydrogens (tertiary/aromatic N) is 6. The van der Waals surface area contributed by atoms with E-state index in [2.05, 4.69) is 32.0 Å². The Morgan fingerprint density at radius 3 is 2.62 bits per heavy atom. The molecule has 3 aromatic rings. The van der Waals surface area contributed by atoms with Crippen LogP contribution in [0, 0.1) is 11.8 Å². The number of rotatable bonds is 13. The minimum atomic E-state index is -3.67. The van der Waals surface area contributed by atoms with E-state index in [9.17, 15) is 8.42 Å². The SMILES string of the molecule is COCCN(CC1CC1C)c1cc(-c2nnc(C(C)(N)Cc3ccnc(OC)c3)o2)c(Cl)c(N(C)S(C)(=O)=O)n1. The first-order chi connectivity index (χ1) is 18.8. The van der Waals surface area contributed by atoms with Gasteiger partial charge in [-0.25, -0.2) is 18.4 Å². The third-order valence-electron chi connectivity index (χ3n) is 7.07. The van der Waals surface area contributed by atoms with Crippen molar-refractivity contribution >= 4 is 33.3 Å². The van der Waals surface area contributed by atoms with Gasteiger partial charge in [0.05, 0.1) is 36.1 Å². The van der Waals surface area contributed by atoms with Gasteiger partial charge >= 0.3 is 0 Å². The van der Waals surface area contributed by atoms with Gasteiger partial charge in [-0.05, 0) is 49.3 Å². The predicted octanol–water partition coefficient (Wildman–Crippen LogP) is 3.11. The molecule has 0 aliphatic heterocycles. The normalized spacial score (nSPS) is 18.3. The summed E-state index contributed by atoms with van der Waals surface area (Å²) in [5.74, 6) is 2.46. The highest BCUT2D eigenvalue weighted by atomic mass is 35.5. The molecule has 0 amide bonds. The summed E-state index contributed by atoms with van der Waals surface area (Å²) in [6.07, 6.45) is 4.21. The second-order valence-corrected chi connectivity index (χ2v) is 12.9. The second kappa shape index (κ2) is 11.9. The van der Waals surface area contributed by atoms with Gasteiger partial charge < -0.3 is 24.5 Å². The van der Waals surface area contributed by atoms with Crippen molar-refractivity contribution in [1.82, 2.24) is 20.2 Å². The molecule has 1 aliphatic carbocycles. The summed E-state index contributed by atoms with van der Waals surface area (Å²) in [4.78, 5) is 10.9. The van der Waals surface area contributed by atoms with Gasteiger partial charge in [0, 0.05) is 39.5 Å². The van der Waals surface area contributed by atoms with Gasteiger partial charge in [-0.1, -0.05) is 18.5 Å². The smallest absolute Gasteiger partial charge is 0.249 e. The molecule has 218 valence electrons. The Balaban J connectivity index is 1.75. The summed E-state index contributed by atoms with van der Waals surface area (Å²) in [5, 5.41) is 8.53. The van der Waals surface area contributed by atoms with E-state index in [-0.39, 0.29) is 22.6 Å². The summed E-state index contributed by atoms with van der Waals surface area (Å²) in [6, 6.07) is 5.36. The zero-order chi connectivity index (χ0) is 29.2. The number of pyridine rings is 2. The lowest BCUT2D eigenvalue weighted by Gasteiger charge is -2.26. The molecule has 1 aliphatic rings. The molecule has 3 heterocycles. The number of hydrogen-bond acceptors (Lipinski definition) is 11. The van der Waals surface area contributed by atoms with E-state index in [1.54, 1.807) is 39.5 Å². The lowest BCUT2D eigenvalue weighted by molar-refractivity contribution is 0.204. The number of aromatic nitrogens is 4. The van der Waals surface area contributed by atoms with Crippen molar-refractivity contribution in [3.63, 3.8) is 0 Å². The average molecular weight is 594 g/mol. The van der Waals surface area contributed by atoms with Gasteiger partial charge in [-0.2, -0.15) is 0 Å². The van der Waals surface area contributed by atoms with Crippen LogP contribution in [0.2, 0.25) is 5.02 Å². The number of anilines is 2. The molecule has 14 heteroatoms. The van der Waals surface area contributed by atoms with E-state index >= 15 is 0 Å². The summed E-state index contributed by atoms with van der Waals surface area (Å²) in [7, 11) is 0.904. The van der Waals surface area contributed by atoms with Gasteiger partial charge in [0.15, 0.2) is 5.82 Å². The predicted molar refractivity (Wildman–Crippen MR) is 153 cm³/mol. The highest BCUT2D eigenvalue weighted by Gasteiger charge is 2.35. The van der Waals surface area contributed by atoms with Crippen LogP contribution >= 0.6 is 11.6 Å².